The van der Waals surface area contributed by atoms with Crippen molar-refractivity contribution in [3.8, 4) is 0 Å². The highest BCUT2D eigenvalue weighted by molar-refractivity contribution is 5.35. The first kappa shape index (κ1) is 10.7. The fraction of sp³-hybridized carbons (Fsp3) is 0.571. The maximum absolute atomic E-state index is 3.47. The molecule has 15 heavy (non-hydrogen) atoms. The number of nitrogens with one attached hydrogen (secondary N) is 1. The molecule has 2 rings (SSSR count). The zero-order valence-corrected chi connectivity index (χ0v) is 9.84. The Bertz CT molecular complexity index is 330. The molecule has 1 unspecified atom stereocenters. The van der Waals surface area contributed by atoms with Crippen molar-refractivity contribution in [3.05, 3.63) is 34.9 Å². The Morgan fingerprint density at radius 1 is 1.20 bits per heavy atom. The quantitative estimate of drug-likeness (QED) is 0.795. The van der Waals surface area contributed by atoms with E-state index in [0.29, 0.717) is 6.04 Å². The lowest BCUT2D eigenvalue weighted by atomic mass is 9.89. The number of rotatable bonds is 3. The SMILES string of the molecule is CCNC(C)c1ccc2c(c1)CCCC2. The Morgan fingerprint density at radius 3 is 2.67 bits per heavy atom. The zero-order chi connectivity index (χ0) is 10.7. The van der Waals surface area contributed by atoms with Gasteiger partial charge in [0.2, 0.25) is 0 Å². The molecule has 1 N–H and O–H groups in total. The third-order valence-corrected chi connectivity index (χ3v) is 3.38. The largest absolute Gasteiger partial charge is 0.310 e. The second-order valence-corrected chi connectivity index (χ2v) is 4.51. The van der Waals surface area contributed by atoms with Crippen LogP contribution < -0.4 is 5.32 Å². The molecule has 0 amide bonds. The lowest BCUT2D eigenvalue weighted by Crippen LogP contribution is -2.18. The van der Waals surface area contributed by atoms with Crippen LogP contribution in [0.4, 0.5) is 0 Å². The number of aryl methyl sites for hydroxylation is 2. The first-order valence-electron chi connectivity index (χ1n) is 6.16. The summed E-state index contributed by atoms with van der Waals surface area (Å²) in [4.78, 5) is 0. The van der Waals surface area contributed by atoms with Gasteiger partial charge in [0.15, 0.2) is 0 Å². The van der Waals surface area contributed by atoms with Gasteiger partial charge in [0, 0.05) is 6.04 Å². The van der Waals surface area contributed by atoms with Crippen LogP contribution in [0, 0.1) is 0 Å². The molecule has 0 spiro atoms. The minimum atomic E-state index is 0.488. The third-order valence-electron chi connectivity index (χ3n) is 3.38. The highest BCUT2D eigenvalue weighted by Crippen LogP contribution is 2.24. The molecule has 1 aromatic carbocycles. The Balaban J connectivity index is 2.20. The summed E-state index contributed by atoms with van der Waals surface area (Å²) >= 11 is 0. The number of fused-ring (bicyclic) bond motifs is 1. The first-order valence-corrected chi connectivity index (χ1v) is 6.16. The summed E-state index contributed by atoms with van der Waals surface area (Å²) < 4.78 is 0. The van der Waals surface area contributed by atoms with E-state index >= 15 is 0 Å². The van der Waals surface area contributed by atoms with Crippen LogP contribution in [0.5, 0.6) is 0 Å². The van der Waals surface area contributed by atoms with Crippen molar-refractivity contribution in [2.75, 3.05) is 6.54 Å². The molecule has 1 heteroatoms. The second kappa shape index (κ2) is 4.80. The average Bonchev–Trinajstić information content (AvgIpc) is 2.29. The van der Waals surface area contributed by atoms with E-state index in [1.165, 1.54) is 31.2 Å². The average molecular weight is 203 g/mol. The number of hydrogen-bond acceptors (Lipinski definition) is 1. The van der Waals surface area contributed by atoms with Crippen LogP contribution in [0.15, 0.2) is 18.2 Å². The molecule has 1 nitrogen and oxygen atoms in total. The van der Waals surface area contributed by atoms with Crippen LogP contribution in [0.2, 0.25) is 0 Å². The van der Waals surface area contributed by atoms with Gasteiger partial charge in [-0.05, 0) is 55.8 Å². The van der Waals surface area contributed by atoms with Gasteiger partial charge in [-0.2, -0.15) is 0 Å². The Hall–Kier alpha value is -0.820. The predicted octanol–water partition coefficient (Wildman–Crippen LogP) is 3.24. The lowest BCUT2D eigenvalue weighted by molar-refractivity contribution is 0.595. The van der Waals surface area contributed by atoms with E-state index in [1.807, 2.05) is 0 Å². The molecule has 0 aromatic heterocycles. The van der Waals surface area contributed by atoms with Crippen molar-refractivity contribution < 1.29 is 0 Å². The Kier molecular flexibility index (Phi) is 3.42. The third kappa shape index (κ3) is 2.40. The van der Waals surface area contributed by atoms with E-state index < -0.39 is 0 Å². The van der Waals surface area contributed by atoms with E-state index in [9.17, 15) is 0 Å². The topological polar surface area (TPSA) is 12.0 Å². The highest BCUT2D eigenvalue weighted by Gasteiger charge is 2.11. The van der Waals surface area contributed by atoms with E-state index in [2.05, 4.69) is 37.4 Å². The molecule has 1 atom stereocenters. The van der Waals surface area contributed by atoms with Crippen molar-refractivity contribution in [1.29, 1.82) is 0 Å². The van der Waals surface area contributed by atoms with Crippen LogP contribution in [0.25, 0.3) is 0 Å². The summed E-state index contributed by atoms with van der Waals surface area (Å²) in [5, 5.41) is 3.47. The smallest absolute Gasteiger partial charge is 0.0291 e. The monoisotopic (exact) mass is 203 g/mol. The van der Waals surface area contributed by atoms with Crippen LogP contribution in [0.1, 0.15) is 49.4 Å². The van der Waals surface area contributed by atoms with Gasteiger partial charge in [-0.1, -0.05) is 25.1 Å². The normalized spacial score (nSPS) is 17.2. The minimum Gasteiger partial charge on any atom is -0.310 e. The molecule has 0 fully saturated rings. The van der Waals surface area contributed by atoms with Crippen molar-refractivity contribution in [3.63, 3.8) is 0 Å². The molecule has 0 bridgehead atoms. The van der Waals surface area contributed by atoms with Gasteiger partial charge in [0.05, 0.1) is 0 Å². The van der Waals surface area contributed by atoms with E-state index in [1.54, 1.807) is 11.1 Å². The molecule has 0 radical (unpaired) electrons. The van der Waals surface area contributed by atoms with Crippen LogP contribution in [0.3, 0.4) is 0 Å². The molecule has 1 aliphatic carbocycles. The summed E-state index contributed by atoms with van der Waals surface area (Å²) in [6, 6.07) is 7.51. The maximum atomic E-state index is 3.47. The van der Waals surface area contributed by atoms with Gasteiger partial charge in [-0.3, -0.25) is 0 Å². The minimum absolute atomic E-state index is 0.488. The fourth-order valence-electron chi connectivity index (χ4n) is 2.45. The van der Waals surface area contributed by atoms with Crippen LogP contribution in [-0.2, 0) is 12.8 Å². The van der Waals surface area contributed by atoms with Gasteiger partial charge in [-0.15, -0.1) is 0 Å². The van der Waals surface area contributed by atoms with Crippen LogP contribution in [-0.4, -0.2) is 6.54 Å². The maximum Gasteiger partial charge on any atom is 0.0291 e. The lowest BCUT2D eigenvalue weighted by Gasteiger charge is -2.19. The predicted molar refractivity (Wildman–Crippen MR) is 65.2 cm³/mol. The molecule has 0 aliphatic heterocycles. The summed E-state index contributed by atoms with van der Waals surface area (Å²) in [7, 11) is 0. The first-order chi connectivity index (χ1) is 7.31. The molecular formula is C14H21N. The van der Waals surface area contributed by atoms with Gasteiger partial charge in [0.25, 0.3) is 0 Å². The molecule has 0 saturated heterocycles. The van der Waals surface area contributed by atoms with Crippen LogP contribution >= 0.6 is 0 Å². The van der Waals surface area contributed by atoms with Gasteiger partial charge in [-0.25, -0.2) is 0 Å². The molecular weight excluding hydrogens is 182 g/mol. The molecule has 1 aromatic rings. The molecule has 82 valence electrons. The van der Waals surface area contributed by atoms with Gasteiger partial charge < -0.3 is 5.32 Å². The fourth-order valence-corrected chi connectivity index (χ4v) is 2.45. The van der Waals surface area contributed by atoms with Crippen molar-refractivity contribution in [2.45, 2.75) is 45.6 Å². The molecule has 0 saturated carbocycles. The standard InChI is InChI=1S/C14H21N/c1-3-15-11(2)13-9-8-12-6-4-5-7-14(12)10-13/h8-11,15H,3-7H2,1-2H3. The zero-order valence-electron chi connectivity index (χ0n) is 9.84. The van der Waals surface area contributed by atoms with Crippen molar-refractivity contribution >= 4 is 0 Å². The number of hydrogen-bond donors (Lipinski definition) is 1. The van der Waals surface area contributed by atoms with E-state index in [4.69, 9.17) is 0 Å². The van der Waals surface area contributed by atoms with Gasteiger partial charge >= 0.3 is 0 Å². The summed E-state index contributed by atoms with van der Waals surface area (Å²) in [6.07, 6.45) is 5.30. The summed E-state index contributed by atoms with van der Waals surface area (Å²) in [5.74, 6) is 0. The summed E-state index contributed by atoms with van der Waals surface area (Å²) in [5.41, 5.74) is 4.61. The Labute approximate surface area is 92.9 Å². The Morgan fingerprint density at radius 2 is 1.93 bits per heavy atom. The van der Waals surface area contributed by atoms with Crippen molar-refractivity contribution in [1.82, 2.24) is 5.32 Å². The summed E-state index contributed by atoms with van der Waals surface area (Å²) in [6.45, 7) is 5.45. The second-order valence-electron chi connectivity index (χ2n) is 4.51. The van der Waals surface area contributed by atoms with E-state index in [0.717, 1.165) is 6.54 Å². The number of benzene rings is 1. The van der Waals surface area contributed by atoms with E-state index in [-0.39, 0.29) is 0 Å². The molecule has 1 aliphatic rings. The van der Waals surface area contributed by atoms with Crippen molar-refractivity contribution in [2.24, 2.45) is 0 Å². The molecule has 0 heterocycles. The highest BCUT2D eigenvalue weighted by atomic mass is 14.9. The van der Waals surface area contributed by atoms with Gasteiger partial charge in [0.1, 0.15) is 0 Å².